The molecule has 22 nitrogen and oxygen atoms in total. The van der Waals surface area contributed by atoms with E-state index >= 15 is 0 Å². The van der Waals surface area contributed by atoms with Gasteiger partial charge < -0.3 is 70.2 Å². The largest absolute Gasteiger partial charge is 0.345 e. The van der Waals surface area contributed by atoms with E-state index in [2.05, 4.69) is 20.9 Å². The molecule has 0 rings (SSSR count). The van der Waals surface area contributed by atoms with Crippen LogP contribution in [0.25, 0.3) is 0 Å². The molecule has 0 fully saturated rings. The summed E-state index contributed by atoms with van der Waals surface area (Å²) >= 11 is 0. The maximum absolute atomic E-state index is 14.0. The number of nitrogens with one attached hydrogen (secondary N) is 3. The highest BCUT2D eigenvalue weighted by molar-refractivity contribution is 7.73. The van der Waals surface area contributed by atoms with Crippen LogP contribution in [0.5, 0.6) is 0 Å². The van der Waals surface area contributed by atoms with Crippen molar-refractivity contribution >= 4 is 45.6 Å². The molecule has 0 amide bonds. The molecule has 0 radical (unpaired) electrons. The van der Waals surface area contributed by atoms with Crippen molar-refractivity contribution in [2.75, 3.05) is 138 Å². The van der Waals surface area contributed by atoms with Crippen molar-refractivity contribution in [3.63, 3.8) is 0 Å². The summed E-state index contributed by atoms with van der Waals surface area (Å²) in [4.78, 5) is 2.27. The van der Waals surface area contributed by atoms with Crippen molar-refractivity contribution in [1.29, 1.82) is 0 Å². The van der Waals surface area contributed by atoms with Crippen molar-refractivity contribution < 1.29 is 81.7 Å². The van der Waals surface area contributed by atoms with Crippen LogP contribution in [-0.2, 0) is 81.7 Å². The van der Waals surface area contributed by atoms with Crippen LogP contribution in [0.15, 0.2) is 0 Å². The average Bonchev–Trinajstić information content (AvgIpc) is 3.28. The third-order valence-electron chi connectivity index (χ3n) is 10.2. The van der Waals surface area contributed by atoms with Gasteiger partial charge in [-0.05, 0) is 141 Å². The summed E-state index contributed by atoms with van der Waals surface area (Å²) in [5, 5.41) is 7.11. The fourth-order valence-corrected chi connectivity index (χ4v) is 23.9. The fraction of sp³-hybridized carbons (Fsp3) is 1.00. The molecular weight excluding hydrogens is 1030 g/mol. The van der Waals surface area contributed by atoms with Gasteiger partial charge in [0.15, 0.2) is 16.2 Å². The van der Waals surface area contributed by atoms with E-state index in [1.807, 2.05) is 0 Å². The Morgan fingerprint density at radius 2 is 0.443 bits per heavy atom. The first-order chi connectivity index (χ1) is 33.4. The third kappa shape index (κ3) is 25.3. The maximum atomic E-state index is 14.0. The van der Waals surface area contributed by atoms with E-state index in [-0.39, 0.29) is 98.5 Å². The zero-order valence-electron chi connectivity index (χ0n) is 44.8. The standard InChI is InChI=1S/C42H96N4O18P6/c1-13-53-65(47,54-14-2)40(66(48,55-15-3)56-16-4)28-25-31-43-34-37-46(38-35-44-32-26-29-41(67(49,57-17-5)58-18-6)68(50,59-19-7)60-20-8)39-36-45-33-27-30-42(69(51,61-21-9)62-22-10)70(52,63-23-11)64-24-12/h40-45H,13-39H2,1-12H3. The number of hydrogen-bond acceptors (Lipinski definition) is 22. The molecular formula is C42H96N4O18P6. The van der Waals surface area contributed by atoms with Gasteiger partial charge in [0.05, 0.1) is 79.3 Å². The van der Waals surface area contributed by atoms with Crippen molar-refractivity contribution in [3.05, 3.63) is 0 Å². The highest BCUT2D eigenvalue weighted by atomic mass is 31.3. The summed E-state index contributed by atoms with van der Waals surface area (Å²) < 4.78 is 152. The molecule has 0 unspecified atom stereocenters. The Bertz CT molecular complexity index is 1300. The first-order valence-corrected chi connectivity index (χ1v) is 35.3. The van der Waals surface area contributed by atoms with Gasteiger partial charge in [0.2, 0.25) is 0 Å². The second kappa shape index (κ2) is 40.0. The second-order valence-corrected chi connectivity index (χ2v) is 29.8. The number of rotatable bonds is 51. The molecule has 0 saturated carbocycles. The predicted octanol–water partition coefficient (Wildman–Crippen LogP) is 11.0. The van der Waals surface area contributed by atoms with E-state index in [9.17, 15) is 27.4 Å². The summed E-state index contributed by atoms with van der Waals surface area (Å²) in [5.41, 5.74) is 0. The average molecular weight is 1130 g/mol. The van der Waals surface area contributed by atoms with E-state index in [1.54, 1.807) is 83.1 Å². The summed E-state index contributed by atoms with van der Waals surface area (Å²) in [6.07, 6.45) is 2.11. The molecule has 0 aromatic heterocycles. The Morgan fingerprint density at radius 1 is 0.286 bits per heavy atom. The molecule has 0 aliphatic carbocycles. The molecule has 0 aliphatic heterocycles. The SMILES string of the molecule is CCOP(=O)(OCC)C(CCCNCCN(CCNCCCC(P(=O)(OCC)OCC)P(=O)(OCC)OCC)CCNCCCC(P(=O)(OCC)OCC)P(=O)(OCC)OCC)P(=O)(OCC)OCC. The molecule has 0 spiro atoms. The summed E-state index contributed by atoms with van der Waals surface area (Å²) in [6.45, 7) is 27.0. The summed E-state index contributed by atoms with van der Waals surface area (Å²) in [6, 6.07) is 0. The van der Waals surface area contributed by atoms with E-state index < -0.39 is 61.8 Å². The van der Waals surface area contributed by atoms with Gasteiger partial charge >= 0.3 is 45.6 Å². The van der Waals surface area contributed by atoms with Crippen LogP contribution in [0.1, 0.15) is 122 Å². The molecule has 0 aromatic rings. The first-order valence-electron chi connectivity index (χ1n) is 25.6. The van der Waals surface area contributed by atoms with Crippen LogP contribution in [0.2, 0.25) is 0 Å². The van der Waals surface area contributed by atoms with Crippen LogP contribution in [0, 0.1) is 0 Å². The molecule has 3 N–H and O–H groups in total. The van der Waals surface area contributed by atoms with Gasteiger partial charge in [0.25, 0.3) is 0 Å². The van der Waals surface area contributed by atoms with E-state index in [0.29, 0.717) is 78.2 Å². The lowest BCUT2D eigenvalue weighted by Gasteiger charge is -2.31. The zero-order valence-corrected chi connectivity index (χ0v) is 50.2. The zero-order chi connectivity index (χ0) is 53.0. The fourth-order valence-electron chi connectivity index (χ4n) is 7.53. The Labute approximate surface area is 422 Å². The Morgan fingerprint density at radius 3 is 0.586 bits per heavy atom. The van der Waals surface area contributed by atoms with Crippen LogP contribution < -0.4 is 16.0 Å². The molecule has 0 bridgehead atoms. The van der Waals surface area contributed by atoms with Crippen LogP contribution in [0.3, 0.4) is 0 Å². The predicted molar refractivity (Wildman–Crippen MR) is 279 cm³/mol. The highest BCUT2D eigenvalue weighted by Crippen LogP contribution is 2.74. The highest BCUT2D eigenvalue weighted by Gasteiger charge is 2.52. The lowest BCUT2D eigenvalue weighted by molar-refractivity contribution is 0.191. The molecule has 0 saturated heterocycles. The molecule has 28 heteroatoms. The minimum atomic E-state index is -3.86. The van der Waals surface area contributed by atoms with E-state index in [1.165, 1.54) is 0 Å². The van der Waals surface area contributed by atoms with Gasteiger partial charge in [-0.2, -0.15) is 0 Å². The van der Waals surface area contributed by atoms with E-state index in [4.69, 9.17) is 54.3 Å². The molecule has 0 aliphatic rings. The molecule has 422 valence electrons. The quantitative estimate of drug-likeness (QED) is 0.0378. The van der Waals surface area contributed by atoms with Crippen LogP contribution >= 0.6 is 45.6 Å². The second-order valence-electron chi connectivity index (χ2n) is 15.2. The molecule has 0 aromatic carbocycles. The third-order valence-corrected chi connectivity index (χ3v) is 28.6. The Balaban J connectivity index is 6.08. The molecule has 70 heavy (non-hydrogen) atoms. The van der Waals surface area contributed by atoms with E-state index in [0.717, 1.165) is 0 Å². The van der Waals surface area contributed by atoms with Crippen molar-refractivity contribution in [2.45, 2.75) is 138 Å². The molecule has 0 atom stereocenters. The van der Waals surface area contributed by atoms with Gasteiger partial charge in [-0.15, -0.1) is 0 Å². The maximum Gasteiger partial charge on any atom is 0.345 e. The van der Waals surface area contributed by atoms with Crippen molar-refractivity contribution in [3.8, 4) is 0 Å². The molecule has 0 heterocycles. The summed E-state index contributed by atoms with van der Waals surface area (Å²) in [7, 11) is -23.2. The minimum absolute atomic E-state index is 0.104. The number of nitrogens with zero attached hydrogens (tertiary/aromatic N) is 1. The lowest BCUT2D eigenvalue weighted by atomic mass is 10.3. The van der Waals surface area contributed by atoms with Gasteiger partial charge in [-0.3, -0.25) is 32.3 Å². The lowest BCUT2D eigenvalue weighted by Crippen LogP contribution is -2.41. The van der Waals surface area contributed by atoms with Gasteiger partial charge in [0.1, 0.15) is 0 Å². The van der Waals surface area contributed by atoms with Crippen molar-refractivity contribution in [1.82, 2.24) is 20.9 Å². The normalized spacial score (nSPS) is 13.5. The Kier molecular flexibility index (Phi) is 40.4. The van der Waals surface area contributed by atoms with Gasteiger partial charge in [0, 0.05) is 39.3 Å². The number of hydrogen-bond donors (Lipinski definition) is 3. The van der Waals surface area contributed by atoms with Crippen LogP contribution in [0.4, 0.5) is 0 Å². The smallest absolute Gasteiger partial charge is 0.315 e. The van der Waals surface area contributed by atoms with Gasteiger partial charge in [-0.1, -0.05) is 0 Å². The topological polar surface area (TPSA) is 253 Å². The minimum Gasteiger partial charge on any atom is -0.315 e. The van der Waals surface area contributed by atoms with Crippen LogP contribution in [-0.4, -0.2) is 159 Å². The Hall–Kier alpha value is 0.740. The monoisotopic (exact) mass is 1130 g/mol. The van der Waals surface area contributed by atoms with Gasteiger partial charge in [-0.25, -0.2) is 0 Å². The first kappa shape index (κ1) is 70.7. The summed E-state index contributed by atoms with van der Waals surface area (Å²) in [5.74, 6) is 0. The van der Waals surface area contributed by atoms with Crippen molar-refractivity contribution in [2.24, 2.45) is 0 Å².